The Hall–Kier alpha value is -2.11. The van der Waals surface area contributed by atoms with E-state index in [0.29, 0.717) is 18.1 Å². The van der Waals surface area contributed by atoms with Crippen LogP contribution in [0.5, 0.6) is 0 Å². The van der Waals surface area contributed by atoms with Crippen molar-refractivity contribution in [3.8, 4) is 0 Å². The first kappa shape index (κ1) is 26.1. The number of carbonyl (C=O) groups excluding carboxylic acids is 2. The summed E-state index contributed by atoms with van der Waals surface area (Å²) in [6.45, 7) is 1.33. The van der Waals surface area contributed by atoms with E-state index in [1.807, 2.05) is 29.2 Å². The van der Waals surface area contributed by atoms with Crippen molar-refractivity contribution >= 4 is 61.0 Å². The molecule has 2 saturated heterocycles. The van der Waals surface area contributed by atoms with Crippen LogP contribution in [0.1, 0.15) is 24.8 Å². The lowest BCUT2D eigenvalue weighted by Gasteiger charge is -2.51. The summed E-state index contributed by atoms with van der Waals surface area (Å²) in [6, 6.07) is 10.3. The van der Waals surface area contributed by atoms with Crippen molar-refractivity contribution < 1.29 is 18.0 Å². The number of nitrogens with zero attached hydrogens (tertiary/aromatic N) is 4. The minimum Gasteiger partial charge on any atom is -0.311 e. The molecule has 2 unspecified atom stereocenters. The van der Waals surface area contributed by atoms with Crippen molar-refractivity contribution in [3.63, 3.8) is 0 Å². The second-order valence-corrected chi connectivity index (χ2v) is 13.6. The van der Waals surface area contributed by atoms with Gasteiger partial charge in [-0.2, -0.15) is 0 Å². The number of amides is 2. The van der Waals surface area contributed by atoms with Crippen LogP contribution in [0.4, 0.5) is 0 Å². The molecule has 0 spiro atoms. The Balaban J connectivity index is 1.47. The second kappa shape index (κ2) is 9.82. The smallest absolute Gasteiger partial charge is 0.267 e. The number of likely N-dealkylation sites (tertiary alicyclic amines) is 1. The highest BCUT2D eigenvalue weighted by Crippen LogP contribution is 2.40. The third-order valence-electron chi connectivity index (χ3n) is 7.55. The fraction of sp³-hybridized carbons (Fsp3) is 0.385. The second-order valence-electron chi connectivity index (χ2n) is 10.0. The van der Waals surface area contributed by atoms with Gasteiger partial charge in [0.25, 0.3) is 10.0 Å². The largest absolute Gasteiger partial charge is 0.311 e. The Morgan fingerprint density at radius 2 is 1.68 bits per heavy atom. The molecule has 12 heteroatoms. The van der Waals surface area contributed by atoms with Gasteiger partial charge in [0.1, 0.15) is 22.8 Å². The summed E-state index contributed by atoms with van der Waals surface area (Å²) in [5.41, 5.74) is 0.873. The Morgan fingerprint density at radius 1 is 0.974 bits per heavy atom. The SMILES string of the molecule is O=C1C(Cc2ccc(Br)cc2)N2C(=O)C(N3CCC3)CN(S(=O)(=O)c3ccc(Cl)cc3Cl)C2=CN1C1CC1. The van der Waals surface area contributed by atoms with Crippen LogP contribution in [0.3, 0.4) is 0 Å². The summed E-state index contributed by atoms with van der Waals surface area (Å²) in [5.74, 6) is -0.263. The maximum Gasteiger partial charge on any atom is 0.267 e. The first-order chi connectivity index (χ1) is 18.1. The number of rotatable bonds is 6. The van der Waals surface area contributed by atoms with Crippen LogP contribution in [-0.2, 0) is 26.0 Å². The molecule has 0 N–H and O–H groups in total. The lowest BCUT2D eigenvalue weighted by Crippen LogP contribution is -2.68. The van der Waals surface area contributed by atoms with Crippen LogP contribution in [0.15, 0.2) is 63.9 Å². The molecule has 3 fully saturated rings. The zero-order chi connectivity index (χ0) is 26.8. The standard InChI is InChI=1S/C26H25BrCl2N4O4S/c27-17-4-2-16(3-5-17)12-21-25(34)31(19-7-8-19)15-24-32(14-22(26(35)33(21)24)30-10-1-11-30)38(36,37)23-9-6-18(28)13-20(23)29/h2-6,9,13,15,19,21-22H,1,7-8,10-12,14H2. The van der Waals surface area contributed by atoms with Crippen molar-refractivity contribution in [2.75, 3.05) is 19.6 Å². The Morgan fingerprint density at radius 3 is 2.29 bits per heavy atom. The maximum absolute atomic E-state index is 14.1. The van der Waals surface area contributed by atoms with E-state index in [1.54, 1.807) is 11.1 Å². The average Bonchev–Trinajstić information content (AvgIpc) is 3.67. The van der Waals surface area contributed by atoms with Gasteiger partial charge in [0.15, 0.2) is 0 Å². The Labute approximate surface area is 239 Å². The van der Waals surface area contributed by atoms with E-state index in [4.69, 9.17) is 23.2 Å². The Bertz CT molecular complexity index is 1440. The predicted octanol–water partition coefficient (Wildman–Crippen LogP) is 4.08. The minimum absolute atomic E-state index is 0.000558. The van der Waals surface area contributed by atoms with Crippen LogP contribution in [-0.4, -0.2) is 77.0 Å². The van der Waals surface area contributed by atoms with E-state index in [-0.39, 0.29) is 46.6 Å². The molecule has 3 heterocycles. The first-order valence-electron chi connectivity index (χ1n) is 12.5. The number of sulfonamides is 1. The van der Waals surface area contributed by atoms with E-state index in [1.165, 1.54) is 27.4 Å². The van der Waals surface area contributed by atoms with Gasteiger partial charge in [0.05, 0.1) is 11.6 Å². The highest BCUT2D eigenvalue weighted by molar-refractivity contribution is 9.10. The molecule has 0 aromatic heterocycles. The molecule has 2 amide bonds. The summed E-state index contributed by atoms with van der Waals surface area (Å²) in [5, 5.41) is 0.319. The van der Waals surface area contributed by atoms with E-state index in [0.717, 1.165) is 29.3 Å². The fourth-order valence-electron chi connectivity index (χ4n) is 5.24. The molecule has 2 atom stereocenters. The number of benzene rings is 2. The lowest BCUT2D eigenvalue weighted by atomic mass is 9.98. The summed E-state index contributed by atoms with van der Waals surface area (Å²) in [7, 11) is -4.19. The molecule has 38 heavy (non-hydrogen) atoms. The molecule has 2 aromatic carbocycles. The summed E-state index contributed by atoms with van der Waals surface area (Å²) < 4.78 is 30.4. The van der Waals surface area contributed by atoms with Gasteiger partial charge in [0.2, 0.25) is 11.8 Å². The molecule has 6 rings (SSSR count). The normalized spacial score (nSPS) is 24.3. The van der Waals surface area contributed by atoms with Crippen molar-refractivity contribution in [1.82, 2.24) is 19.0 Å². The lowest BCUT2D eigenvalue weighted by molar-refractivity contribution is -0.153. The maximum atomic E-state index is 14.1. The van der Waals surface area contributed by atoms with E-state index in [2.05, 4.69) is 15.9 Å². The summed E-state index contributed by atoms with van der Waals surface area (Å²) >= 11 is 15.8. The molecule has 0 radical (unpaired) electrons. The first-order valence-corrected chi connectivity index (χ1v) is 15.5. The van der Waals surface area contributed by atoms with Crippen molar-refractivity contribution in [2.45, 2.75) is 48.7 Å². The van der Waals surface area contributed by atoms with Crippen molar-refractivity contribution in [3.05, 3.63) is 74.6 Å². The monoisotopic (exact) mass is 638 g/mol. The fourth-order valence-corrected chi connectivity index (χ4v) is 7.71. The van der Waals surface area contributed by atoms with Gasteiger partial charge in [-0.25, -0.2) is 12.7 Å². The van der Waals surface area contributed by atoms with Gasteiger partial charge in [-0.05, 0) is 55.2 Å². The molecular weight excluding hydrogens is 615 g/mol. The molecule has 8 nitrogen and oxygen atoms in total. The Kier molecular flexibility index (Phi) is 6.75. The van der Waals surface area contributed by atoms with Crippen LogP contribution in [0, 0.1) is 0 Å². The van der Waals surface area contributed by atoms with Crippen molar-refractivity contribution in [1.29, 1.82) is 0 Å². The number of halogens is 3. The number of fused-ring (bicyclic) bond motifs is 1. The van der Waals surface area contributed by atoms with Gasteiger partial charge < -0.3 is 4.90 Å². The molecule has 1 aliphatic carbocycles. The van der Waals surface area contributed by atoms with Crippen molar-refractivity contribution in [2.24, 2.45) is 0 Å². The topological polar surface area (TPSA) is 81.2 Å². The molecule has 0 bridgehead atoms. The minimum atomic E-state index is -4.19. The molecule has 200 valence electrons. The zero-order valence-corrected chi connectivity index (χ0v) is 24.2. The summed E-state index contributed by atoms with van der Waals surface area (Å²) in [6.07, 6.45) is 4.41. The van der Waals surface area contributed by atoms with Crippen LogP contribution in [0.25, 0.3) is 0 Å². The van der Waals surface area contributed by atoms with Gasteiger partial charge in [-0.3, -0.25) is 19.4 Å². The highest BCUT2D eigenvalue weighted by Gasteiger charge is 2.53. The van der Waals surface area contributed by atoms with Gasteiger partial charge >= 0.3 is 0 Å². The number of hydrogen-bond donors (Lipinski definition) is 0. The highest BCUT2D eigenvalue weighted by atomic mass is 79.9. The molecule has 2 aromatic rings. The number of carbonyl (C=O) groups is 2. The van der Waals surface area contributed by atoms with Crippen LogP contribution < -0.4 is 0 Å². The molecule has 3 aliphatic heterocycles. The zero-order valence-electron chi connectivity index (χ0n) is 20.3. The third-order valence-corrected chi connectivity index (χ3v) is 10.6. The molecular formula is C26H25BrCl2N4O4S. The molecule has 1 saturated carbocycles. The summed E-state index contributed by atoms with van der Waals surface area (Å²) in [4.78, 5) is 32.7. The van der Waals surface area contributed by atoms with Gasteiger partial charge in [-0.15, -0.1) is 0 Å². The van der Waals surface area contributed by atoms with E-state index in [9.17, 15) is 18.0 Å². The van der Waals surface area contributed by atoms with E-state index >= 15 is 0 Å². The third kappa shape index (κ3) is 4.54. The quantitative estimate of drug-likeness (QED) is 0.476. The van der Waals surface area contributed by atoms with Crippen LogP contribution in [0.2, 0.25) is 10.0 Å². The molecule has 4 aliphatic rings. The van der Waals surface area contributed by atoms with Gasteiger partial charge in [-0.1, -0.05) is 51.3 Å². The van der Waals surface area contributed by atoms with Gasteiger partial charge in [0, 0.05) is 41.2 Å². The number of hydrogen-bond acceptors (Lipinski definition) is 5. The van der Waals surface area contributed by atoms with Crippen LogP contribution >= 0.6 is 39.1 Å². The predicted molar refractivity (Wildman–Crippen MR) is 147 cm³/mol. The van der Waals surface area contributed by atoms with E-state index < -0.39 is 22.1 Å². The average molecular weight is 640 g/mol.